The number of benzene rings is 1. The maximum Gasteiger partial charge on any atom is 0.416 e. The lowest BCUT2D eigenvalue weighted by molar-refractivity contribution is -0.137. The van der Waals surface area contributed by atoms with Gasteiger partial charge in [0.25, 0.3) is 0 Å². The van der Waals surface area contributed by atoms with Gasteiger partial charge in [0.15, 0.2) is 0 Å². The molecule has 0 N–H and O–H groups in total. The summed E-state index contributed by atoms with van der Waals surface area (Å²) in [4.78, 5) is 19.5. The molecule has 174 valence electrons. The molecule has 2 aromatic rings. The van der Waals surface area contributed by atoms with Gasteiger partial charge in [-0.25, -0.2) is 9.78 Å². The number of halogens is 4. The zero-order chi connectivity index (χ0) is 23.3. The third-order valence-electron chi connectivity index (χ3n) is 5.78. The fraction of sp³-hybridized carbons (Fsp3) is 0.565. The summed E-state index contributed by atoms with van der Waals surface area (Å²) in [6.45, 7) is 6.61. The maximum atomic E-state index is 13.1. The number of ether oxygens (including phenoxy) is 1. The molecule has 0 radical (unpaired) electrons. The minimum Gasteiger partial charge on any atom is -0.444 e. The van der Waals surface area contributed by atoms with Crippen LogP contribution in [0.3, 0.4) is 0 Å². The average molecular weight is 561 g/mol. The summed E-state index contributed by atoms with van der Waals surface area (Å²) >= 11 is 2.21. The first-order valence-electron chi connectivity index (χ1n) is 10.9. The van der Waals surface area contributed by atoms with Crippen LogP contribution in [0.2, 0.25) is 0 Å². The molecule has 1 aromatic carbocycles. The molecule has 5 nitrogen and oxygen atoms in total. The second kappa shape index (κ2) is 8.53. The summed E-state index contributed by atoms with van der Waals surface area (Å²) < 4.78 is 48.1. The zero-order valence-corrected chi connectivity index (χ0v) is 20.5. The number of carbonyl (C=O) groups excluding carboxylic acids is 1. The van der Waals surface area contributed by atoms with Crippen LogP contribution in [0.25, 0.3) is 0 Å². The van der Waals surface area contributed by atoms with Crippen molar-refractivity contribution in [1.82, 2.24) is 14.5 Å². The Kier molecular flexibility index (Phi) is 6.23. The molecular formula is C23H27F3IN3O2. The third-order valence-corrected chi connectivity index (χ3v) is 6.57. The molecule has 2 heterocycles. The minimum absolute atomic E-state index is 0.306. The predicted molar refractivity (Wildman–Crippen MR) is 122 cm³/mol. The highest BCUT2D eigenvalue weighted by Gasteiger charge is 2.40. The van der Waals surface area contributed by atoms with Gasteiger partial charge in [-0.15, -0.1) is 0 Å². The smallest absolute Gasteiger partial charge is 0.416 e. The fourth-order valence-electron chi connectivity index (χ4n) is 4.21. The minimum atomic E-state index is -4.38. The Balaban J connectivity index is 1.63. The Morgan fingerprint density at radius 3 is 2.56 bits per heavy atom. The molecule has 1 aliphatic carbocycles. The Morgan fingerprint density at radius 1 is 1.22 bits per heavy atom. The van der Waals surface area contributed by atoms with Gasteiger partial charge in [0, 0.05) is 19.0 Å². The second-order valence-corrected chi connectivity index (χ2v) is 10.5. The molecule has 1 unspecified atom stereocenters. The van der Waals surface area contributed by atoms with Crippen LogP contribution in [0.15, 0.2) is 24.3 Å². The summed E-state index contributed by atoms with van der Waals surface area (Å²) in [6, 6.07) is 5.10. The van der Waals surface area contributed by atoms with Gasteiger partial charge in [-0.05, 0) is 80.7 Å². The number of hydrogen-bond acceptors (Lipinski definition) is 3. The van der Waals surface area contributed by atoms with Crippen LogP contribution >= 0.6 is 22.6 Å². The summed E-state index contributed by atoms with van der Waals surface area (Å²) in [5, 5.41) is 0. The Bertz CT molecular complexity index is 1010. The lowest BCUT2D eigenvalue weighted by Crippen LogP contribution is -2.45. The molecule has 1 saturated carbocycles. The van der Waals surface area contributed by atoms with Crippen molar-refractivity contribution in [3.05, 3.63) is 50.6 Å². The van der Waals surface area contributed by atoms with Gasteiger partial charge in [0.1, 0.15) is 15.1 Å². The molecule has 1 fully saturated rings. The van der Waals surface area contributed by atoms with E-state index < -0.39 is 23.4 Å². The van der Waals surface area contributed by atoms with E-state index >= 15 is 0 Å². The van der Waals surface area contributed by atoms with E-state index in [4.69, 9.17) is 9.72 Å². The van der Waals surface area contributed by atoms with E-state index in [1.54, 1.807) is 11.0 Å². The first kappa shape index (κ1) is 23.4. The van der Waals surface area contributed by atoms with Crippen molar-refractivity contribution in [2.45, 2.75) is 76.7 Å². The molecular weight excluding hydrogens is 534 g/mol. The quantitative estimate of drug-likeness (QED) is 0.412. The van der Waals surface area contributed by atoms with Gasteiger partial charge >= 0.3 is 12.3 Å². The van der Waals surface area contributed by atoms with Gasteiger partial charge in [-0.3, -0.25) is 4.90 Å². The van der Waals surface area contributed by atoms with Gasteiger partial charge in [-0.1, -0.05) is 18.2 Å². The fourth-order valence-corrected chi connectivity index (χ4v) is 5.11. The molecule has 0 bridgehead atoms. The van der Waals surface area contributed by atoms with Gasteiger partial charge in [0.05, 0.1) is 17.3 Å². The number of aromatic nitrogens is 2. The maximum absolute atomic E-state index is 13.1. The van der Waals surface area contributed by atoms with E-state index in [9.17, 15) is 18.0 Å². The van der Waals surface area contributed by atoms with Crippen molar-refractivity contribution in [2.75, 3.05) is 6.54 Å². The summed E-state index contributed by atoms with van der Waals surface area (Å²) in [6.07, 6.45) is -1.63. The monoisotopic (exact) mass is 561 g/mol. The van der Waals surface area contributed by atoms with E-state index in [-0.39, 0.29) is 6.04 Å². The molecule has 4 rings (SSSR count). The highest BCUT2D eigenvalue weighted by Crippen LogP contribution is 2.43. The Hall–Kier alpha value is -1.78. The van der Waals surface area contributed by atoms with Gasteiger partial charge in [-0.2, -0.15) is 13.2 Å². The van der Waals surface area contributed by atoms with E-state index in [0.717, 1.165) is 34.1 Å². The SMILES string of the molecule is CC(C)(C)OC(=O)N1CCn2c(C3CC3)nc(I)c2C1CCc1cccc(C(F)(F)F)c1. The number of fused-ring (bicyclic) bond motifs is 1. The Labute approximate surface area is 199 Å². The normalized spacial score (nSPS) is 19.1. The third kappa shape index (κ3) is 5.07. The predicted octanol–water partition coefficient (Wildman–Crippen LogP) is 6.31. The van der Waals surface area contributed by atoms with Crippen LogP contribution in [0.5, 0.6) is 0 Å². The largest absolute Gasteiger partial charge is 0.444 e. The number of imidazole rings is 1. The molecule has 1 atom stereocenters. The van der Waals surface area contributed by atoms with Gasteiger partial charge < -0.3 is 9.30 Å². The number of hydrogen-bond donors (Lipinski definition) is 0. The first-order valence-corrected chi connectivity index (χ1v) is 11.9. The number of alkyl halides is 3. The Morgan fingerprint density at radius 2 is 1.94 bits per heavy atom. The highest BCUT2D eigenvalue weighted by atomic mass is 127. The average Bonchev–Trinajstić information content (AvgIpc) is 3.48. The molecule has 0 spiro atoms. The van der Waals surface area contributed by atoms with Crippen LogP contribution in [-0.4, -0.2) is 32.7 Å². The molecule has 1 amide bonds. The number of carbonyl (C=O) groups is 1. The molecule has 9 heteroatoms. The number of nitrogens with zero attached hydrogens (tertiary/aromatic N) is 3. The highest BCUT2D eigenvalue weighted by molar-refractivity contribution is 14.1. The molecule has 1 aromatic heterocycles. The molecule has 32 heavy (non-hydrogen) atoms. The molecule has 2 aliphatic rings. The summed E-state index contributed by atoms with van der Waals surface area (Å²) in [5.41, 5.74) is 0.278. The molecule has 1 aliphatic heterocycles. The zero-order valence-electron chi connectivity index (χ0n) is 18.4. The van der Waals surface area contributed by atoms with E-state index in [2.05, 4.69) is 27.2 Å². The van der Waals surface area contributed by atoms with Crippen molar-refractivity contribution >= 4 is 28.7 Å². The van der Waals surface area contributed by atoms with Crippen molar-refractivity contribution < 1.29 is 22.7 Å². The van der Waals surface area contributed by atoms with E-state index in [0.29, 0.717) is 37.4 Å². The summed E-state index contributed by atoms with van der Waals surface area (Å²) in [5.74, 6) is 1.53. The van der Waals surface area contributed by atoms with Crippen molar-refractivity contribution in [3.63, 3.8) is 0 Å². The first-order chi connectivity index (χ1) is 14.9. The van der Waals surface area contributed by atoms with Crippen molar-refractivity contribution in [3.8, 4) is 0 Å². The van der Waals surface area contributed by atoms with Crippen LogP contribution in [0, 0.1) is 3.70 Å². The lowest BCUT2D eigenvalue weighted by atomic mass is 9.99. The number of rotatable bonds is 4. The number of amides is 1. The van der Waals surface area contributed by atoms with E-state index in [1.807, 2.05) is 20.8 Å². The second-order valence-electron chi connectivity index (χ2n) is 9.50. The topological polar surface area (TPSA) is 47.4 Å². The standard InChI is InChI=1S/C23H27F3IN3O2/c1-22(2,3)32-21(31)29-11-12-30-18(19(27)28-20(30)15-8-9-15)17(29)10-7-14-5-4-6-16(13-14)23(24,25)26/h4-6,13,15,17H,7-12H2,1-3H3. The van der Waals surface area contributed by atoms with E-state index in [1.165, 1.54) is 12.1 Å². The van der Waals surface area contributed by atoms with Crippen LogP contribution in [-0.2, 0) is 23.9 Å². The van der Waals surface area contributed by atoms with Crippen molar-refractivity contribution in [2.24, 2.45) is 0 Å². The summed E-state index contributed by atoms with van der Waals surface area (Å²) in [7, 11) is 0. The molecule has 0 saturated heterocycles. The van der Waals surface area contributed by atoms with Crippen LogP contribution < -0.4 is 0 Å². The van der Waals surface area contributed by atoms with Gasteiger partial charge in [0.2, 0.25) is 0 Å². The van der Waals surface area contributed by atoms with Crippen LogP contribution in [0.1, 0.15) is 74.6 Å². The van der Waals surface area contributed by atoms with Crippen LogP contribution in [0.4, 0.5) is 18.0 Å². The lowest BCUT2D eigenvalue weighted by Gasteiger charge is -2.38. The van der Waals surface area contributed by atoms with Crippen molar-refractivity contribution in [1.29, 1.82) is 0 Å². The number of aryl methyl sites for hydroxylation is 1.